The lowest BCUT2D eigenvalue weighted by molar-refractivity contribution is -0.131. The minimum Gasteiger partial charge on any atom is -0.370 e. The van der Waals surface area contributed by atoms with E-state index in [0.717, 1.165) is 32.0 Å². The molecule has 24 heavy (non-hydrogen) atoms. The van der Waals surface area contributed by atoms with Crippen LogP contribution in [0.25, 0.3) is 0 Å². The molecule has 1 aliphatic heterocycles. The number of hydrogen-bond donors (Lipinski definition) is 2. The quantitative estimate of drug-likeness (QED) is 0.308. The highest BCUT2D eigenvalue weighted by atomic mass is 127. The van der Waals surface area contributed by atoms with Crippen molar-refractivity contribution < 1.29 is 4.79 Å². The number of nitrogens with zero attached hydrogens (tertiary/aromatic N) is 2. The average Bonchev–Trinajstić information content (AvgIpc) is 2.94. The fourth-order valence-corrected chi connectivity index (χ4v) is 3.08. The Labute approximate surface area is 161 Å². The Morgan fingerprint density at radius 3 is 2.50 bits per heavy atom. The largest absolute Gasteiger partial charge is 0.370 e. The molecule has 1 fully saturated rings. The minimum atomic E-state index is 0. The summed E-state index contributed by atoms with van der Waals surface area (Å²) in [4.78, 5) is 18.5. The summed E-state index contributed by atoms with van der Waals surface area (Å²) in [5.41, 5.74) is 8.38. The molecule has 1 heterocycles. The van der Waals surface area contributed by atoms with E-state index in [4.69, 9.17) is 5.73 Å². The zero-order valence-electron chi connectivity index (χ0n) is 14.0. The lowest BCUT2D eigenvalue weighted by Gasteiger charge is -2.23. The number of guanidine groups is 1. The van der Waals surface area contributed by atoms with Crippen LogP contribution < -0.4 is 11.1 Å². The second kappa shape index (κ2) is 9.25. The van der Waals surface area contributed by atoms with Crippen molar-refractivity contribution in [3.05, 3.63) is 35.4 Å². The third-order valence-electron chi connectivity index (χ3n) is 4.81. The van der Waals surface area contributed by atoms with E-state index in [1.807, 2.05) is 17.0 Å². The number of fused-ring (bicyclic) bond motifs is 1. The second-order valence-corrected chi connectivity index (χ2v) is 6.57. The van der Waals surface area contributed by atoms with Crippen LogP contribution in [0.15, 0.2) is 29.3 Å². The maximum atomic E-state index is 12.3. The van der Waals surface area contributed by atoms with Crippen molar-refractivity contribution in [2.75, 3.05) is 13.1 Å². The van der Waals surface area contributed by atoms with E-state index in [1.54, 1.807) is 0 Å². The number of nitrogens with two attached hydrogens (primary N) is 1. The van der Waals surface area contributed by atoms with Gasteiger partial charge >= 0.3 is 0 Å². The predicted octanol–water partition coefficient (Wildman–Crippen LogP) is 2.63. The van der Waals surface area contributed by atoms with Gasteiger partial charge in [0.15, 0.2) is 5.96 Å². The number of carbonyl (C=O) groups excluding carboxylic acids is 1. The van der Waals surface area contributed by atoms with Crippen LogP contribution in [0, 0.1) is 5.92 Å². The molecular formula is C18H27IN4O. The Balaban J connectivity index is 0.00000208. The zero-order valence-corrected chi connectivity index (χ0v) is 16.4. The van der Waals surface area contributed by atoms with E-state index in [0.29, 0.717) is 18.9 Å². The van der Waals surface area contributed by atoms with Crippen molar-refractivity contribution in [2.45, 2.75) is 45.2 Å². The molecule has 0 spiro atoms. The van der Waals surface area contributed by atoms with Crippen LogP contribution >= 0.6 is 24.0 Å². The summed E-state index contributed by atoms with van der Waals surface area (Å²) >= 11 is 0. The van der Waals surface area contributed by atoms with Crippen molar-refractivity contribution in [1.82, 2.24) is 10.2 Å². The van der Waals surface area contributed by atoms with Crippen molar-refractivity contribution in [3.63, 3.8) is 0 Å². The normalized spacial score (nSPS) is 17.0. The first-order chi connectivity index (χ1) is 11.2. The lowest BCUT2D eigenvalue weighted by Crippen LogP contribution is -2.34. The number of benzene rings is 1. The molecule has 1 saturated carbocycles. The van der Waals surface area contributed by atoms with Crippen molar-refractivity contribution in [2.24, 2.45) is 16.6 Å². The fraction of sp³-hybridized carbons (Fsp3) is 0.556. The van der Waals surface area contributed by atoms with Crippen LogP contribution in [0.2, 0.25) is 0 Å². The first-order valence-corrected chi connectivity index (χ1v) is 8.61. The van der Waals surface area contributed by atoms with Crippen LogP contribution in [-0.4, -0.2) is 29.9 Å². The predicted molar refractivity (Wildman–Crippen MR) is 107 cm³/mol. The van der Waals surface area contributed by atoms with E-state index in [1.165, 1.54) is 30.4 Å². The smallest absolute Gasteiger partial charge is 0.223 e. The first kappa shape index (κ1) is 19.0. The van der Waals surface area contributed by atoms with Crippen molar-refractivity contribution in [3.8, 4) is 0 Å². The molecule has 0 bridgehead atoms. The Morgan fingerprint density at radius 2 is 1.92 bits per heavy atom. The fourth-order valence-electron chi connectivity index (χ4n) is 3.08. The third-order valence-corrected chi connectivity index (χ3v) is 4.81. The van der Waals surface area contributed by atoms with Crippen LogP contribution in [0.4, 0.5) is 0 Å². The third kappa shape index (κ3) is 5.09. The maximum Gasteiger partial charge on any atom is 0.223 e. The van der Waals surface area contributed by atoms with Gasteiger partial charge in [-0.1, -0.05) is 30.7 Å². The summed E-state index contributed by atoms with van der Waals surface area (Å²) in [7, 11) is 0. The highest BCUT2D eigenvalue weighted by Gasteiger charge is 2.22. The highest BCUT2D eigenvalue weighted by Crippen LogP contribution is 2.26. The second-order valence-electron chi connectivity index (χ2n) is 6.57. The van der Waals surface area contributed by atoms with E-state index < -0.39 is 0 Å². The first-order valence-electron chi connectivity index (χ1n) is 8.61. The summed E-state index contributed by atoms with van der Waals surface area (Å²) < 4.78 is 0. The minimum absolute atomic E-state index is 0. The van der Waals surface area contributed by atoms with E-state index in [-0.39, 0.29) is 29.9 Å². The molecule has 5 nitrogen and oxygen atoms in total. The Hall–Kier alpha value is -1.31. The van der Waals surface area contributed by atoms with Crippen LogP contribution in [0.3, 0.4) is 0 Å². The Kier molecular flexibility index (Phi) is 7.33. The molecule has 2 aliphatic rings. The molecule has 0 atom stereocenters. The molecule has 1 aromatic rings. The van der Waals surface area contributed by atoms with Crippen LogP contribution in [0.1, 0.15) is 43.2 Å². The van der Waals surface area contributed by atoms with Gasteiger partial charge in [-0.25, -0.2) is 0 Å². The number of hydrogen-bond acceptors (Lipinski definition) is 2. The highest BCUT2D eigenvalue weighted by molar-refractivity contribution is 14.0. The molecule has 1 aliphatic carbocycles. The van der Waals surface area contributed by atoms with E-state index in [2.05, 4.69) is 22.4 Å². The maximum absolute atomic E-state index is 12.3. The topological polar surface area (TPSA) is 70.7 Å². The summed E-state index contributed by atoms with van der Waals surface area (Å²) in [6.45, 7) is 3.02. The van der Waals surface area contributed by atoms with Crippen LogP contribution in [-0.2, 0) is 17.9 Å². The lowest BCUT2D eigenvalue weighted by atomic mass is 9.86. The monoisotopic (exact) mass is 442 g/mol. The molecule has 1 amide bonds. The van der Waals surface area contributed by atoms with Gasteiger partial charge in [-0.05, 0) is 36.3 Å². The van der Waals surface area contributed by atoms with Gasteiger partial charge in [-0.3, -0.25) is 9.79 Å². The average molecular weight is 442 g/mol. The van der Waals surface area contributed by atoms with Crippen molar-refractivity contribution >= 4 is 35.8 Å². The van der Waals surface area contributed by atoms with Crippen LogP contribution in [0.5, 0.6) is 0 Å². The van der Waals surface area contributed by atoms with Gasteiger partial charge < -0.3 is 16.0 Å². The standard InChI is InChI=1S/C18H26N4O.HI/c19-18(21-11-14-5-3-6-14)20-10-4-9-17(23)22-12-15-7-1-2-8-16(15)13-22;/h1-2,7-8,14H,3-6,9-13H2,(H3,19,20,21);1H. The summed E-state index contributed by atoms with van der Waals surface area (Å²) in [6.07, 6.45) is 5.23. The molecule has 1 aromatic carbocycles. The summed E-state index contributed by atoms with van der Waals surface area (Å²) in [5, 5.41) is 3.11. The van der Waals surface area contributed by atoms with E-state index in [9.17, 15) is 4.79 Å². The number of amides is 1. The summed E-state index contributed by atoms with van der Waals surface area (Å²) in [6, 6.07) is 8.26. The molecular weight excluding hydrogens is 415 g/mol. The van der Waals surface area contributed by atoms with Gasteiger partial charge in [0.25, 0.3) is 0 Å². The molecule has 0 radical (unpaired) electrons. The van der Waals surface area contributed by atoms with Gasteiger partial charge in [0.2, 0.25) is 5.91 Å². The van der Waals surface area contributed by atoms with Gasteiger partial charge in [-0.2, -0.15) is 0 Å². The molecule has 0 unspecified atom stereocenters. The molecule has 3 N–H and O–H groups in total. The molecule has 132 valence electrons. The zero-order chi connectivity index (χ0) is 16.1. The van der Waals surface area contributed by atoms with Gasteiger partial charge in [0, 0.05) is 32.6 Å². The van der Waals surface area contributed by atoms with Gasteiger partial charge in [0.05, 0.1) is 0 Å². The number of aliphatic imine (C=N–C) groups is 1. The molecule has 3 rings (SSSR count). The molecule has 6 heteroatoms. The summed E-state index contributed by atoms with van der Waals surface area (Å²) in [5.74, 6) is 1.46. The number of halogens is 1. The Bertz CT molecular complexity index is 561. The van der Waals surface area contributed by atoms with Crippen molar-refractivity contribution in [1.29, 1.82) is 0 Å². The number of carbonyl (C=O) groups is 1. The van der Waals surface area contributed by atoms with Gasteiger partial charge in [-0.15, -0.1) is 24.0 Å². The number of nitrogens with one attached hydrogen (secondary N) is 1. The SMILES string of the molecule is I.NC(=NCC1CCC1)NCCCC(=O)N1Cc2ccccc2C1. The molecule has 0 saturated heterocycles. The van der Waals surface area contributed by atoms with Gasteiger partial charge in [0.1, 0.15) is 0 Å². The number of rotatable bonds is 6. The molecule has 0 aromatic heterocycles. The van der Waals surface area contributed by atoms with E-state index >= 15 is 0 Å². The Morgan fingerprint density at radius 1 is 1.25 bits per heavy atom.